The van der Waals surface area contributed by atoms with Crippen LogP contribution >= 0.6 is 11.6 Å². The lowest BCUT2D eigenvalue weighted by Crippen LogP contribution is -2.52. The van der Waals surface area contributed by atoms with Crippen LogP contribution in [0.15, 0.2) is 24.3 Å². The second-order valence-electron chi connectivity index (χ2n) is 7.19. The molecule has 1 aliphatic carbocycles. The molecule has 0 heterocycles. The van der Waals surface area contributed by atoms with Gasteiger partial charge in [0.2, 0.25) is 11.8 Å². The van der Waals surface area contributed by atoms with Crippen molar-refractivity contribution in [2.45, 2.75) is 57.5 Å². The van der Waals surface area contributed by atoms with Crippen LogP contribution in [-0.2, 0) is 15.1 Å². The molecule has 0 spiro atoms. The molecule has 0 saturated heterocycles. The first-order valence-corrected chi connectivity index (χ1v) is 9.32. The second-order valence-corrected chi connectivity index (χ2v) is 7.62. The number of carbonyl (C=O) groups is 2. The van der Waals surface area contributed by atoms with E-state index in [0.717, 1.165) is 31.2 Å². The van der Waals surface area contributed by atoms with Crippen LogP contribution in [-0.4, -0.2) is 24.4 Å². The monoisotopic (exact) mass is 365 g/mol. The van der Waals surface area contributed by atoms with Gasteiger partial charge < -0.3 is 16.4 Å². The van der Waals surface area contributed by atoms with Crippen molar-refractivity contribution in [3.63, 3.8) is 0 Å². The van der Waals surface area contributed by atoms with E-state index in [1.54, 1.807) is 0 Å². The highest BCUT2D eigenvalue weighted by atomic mass is 35.5. The van der Waals surface area contributed by atoms with Crippen molar-refractivity contribution < 1.29 is 9.59 Å². The molecule has 25 heavy (non-hydrogen) atoms. The summed E-state index contributed by atoms with van der Waals surface area (Å²) in [5.41, 5.74) is 6.49. The fourth-order valence-corrected chi connectivity index (χ4v) is 3.44. The summed E-state index contributed by atoms with van der Waals surface area (Å²) in [6, 6.07) is 7.04. The molecule has 1 fully saturated rings. The van der Waals surface area contributed by atoms with Gasteiger partial charge in [-0.1, -0.05) is 56.8 Å². The molecular formula is C19H28ClN3O2. The number of benzene rings is 1. The summed E-state index contributed by atoms with van der Waals surface area (Å²) >= 11 is 5.99. The molecule has 1 saturated carbocycles. The minimum atomic E-state index is -0.604. The van der Waals surface area contributed by atoms with Crippen LogP contribution in [0.5, 0.6) is 0 Å². The van der Waals surface area contributed by atoms with E-state index in [0.29, 0.717) is 5.02 Å². The van der Waals surface area contributed by atoms with E-state index in [9.17, 15) is 9.59 Å². The van der Waals surface area contributed by atoms with Gasteiger partial charge in [0.1, 0.15) is 0 Å². The van der Waals surface area contributed by atoms with Crippen LogP contribution in [0.1, 0.15) is 51.5 Å². The molecule has 0 radical (unpaired) electrons. The molecule has 6 heteroatoms. The molecule has 2 rings (SSSR count). The molecule has 1 aromatic rings. The third-order valence-electron chi connectivity index (χ3n) is 4.93. The zero-order chi connectivity index (χ0) is 18.4. The molecule has 0 bridgehead atoms. The summed E-state index contributed by atoms with van der Waals surface area (Å²) < 4.78 is 0. The maximum Gasteiger partial charge on any atom is 0.240 e. The minimum Gasteiger partial charge on any atom is -0.346 e. The number of amides is 2. The summed E-state index contributed by atoms with van der Waals surface area (Å²) in [5.74, 6) is -0.461. The zero-order valence-corrected chi connectivity index (χ0v) is 15.7. The lowest BCUT2D eigenvalue weighted by atomic mass is 9.76. The Labute approximate surface area is 154 Å². The largest absolute Gasteiger partial charge is 0.346 e. The minimum absolute atomic E-state index is 0.0295. The van der Waals surface area contributed by atoms with Gasteiger partial charge in [-0.2, -0.15) is 0 Å². The molecule has 2 amide bonds. The number of hydrogen-bond donors (Lipinski definition) is 3. The van der Waals surface area contributed by atoms with Crippen LogP contribution < -0.4 is 16.4 Å². The highest BCUT2D eigenvalue weighted by Gasteiger charge is 2.35. The van der Waals surface area contributed by atoms with Crippen molar-refractivity contribution in [2.24, 2.45) is 11.7 Å². The molecule has 1 aliphatic rings. The second kappa shape index (κ2) is 8.68. The van der Waals surface area contributed by atoms with Gasteiger partial charge in [0.15, 0.2) is 0 Å². The maximum atomic E-state index is 12.5. The van der Waals surface area contributed by atoms with Crippen LogP contribution in [0.2, 0.25) is 5.02 Å². The van der Waals surface area contributed by atoms with E-state index >= 15 is 0 Å². The third-order valence-corrected chi connectivity index (χ3v) is 5.18. The number of halogens is 1. The van der Waals surface area contributed by atoms with Crippen molar-refractivity contribution >= 4 is 23.4 Å². The number of rotatable bonds is 6. The predicted octanol–water partition coefficient (Wildman–Crippen LogP) is 2.72. The van der Waals surface area contributed by atoms with Gasteiger partial charge in [-0.25, -0.2) is 0 Å². The Balaban J connectivity index is 2.03. The number of nitrogens with one attached hydrogen (secondary N) is 2. The van der Waals surface area contributed by atoms with Gasteiger partial charge in [0.05, 0.1) is 18.1 Å². The van der Waals surface area contributed by atoms with Crippen LogP contribution in [0, 0.1) is 5.92 Å². The molecule has 0 unspecified atom stereocenters. The number of nitrogens with two attached hydrogens (primary N) is 1. The van der Waals surface area contributed by atoms with Crippen molar-refractivity contribution in [3.8, 4) is 0 Å². The molecular weight excluding hydrogens is 338 g/mol. The molecule has 1 atom stereocenters. The molecule has 0 aliphatic heterocycles. The lowest BCUT2D eigenvalue weighted by Gasteiger charge is -2.39. The van der Waals surface area contributed by atoms with Gasteiger partial charge in [0.25, 0.3) is 0 Å². The summed E-state index contributed by atoms with van der Waals surface area (Å²) in [7, 11) is 0. The third kappa shape index (κ3) is 5.19. The Morgan fingerprint density at radius 2 is 1.76 bits per heavy atom. The van der Waals surface area contributed by atoms with Crippen molar-refractivity contribution in [1.29, 1.82) is 0 Å². The summed E-state index contributed by atoms with van der Waals surface area (Å²) in [6.45, 7) is 3.69. The Morgan fingerprint density at radius 1 is 1.16 bits per heavy atom. The zero-order valence-electron chi connectivity index (χ0n) is 15.0. The SMILES string of the molecule is CC(C)[C@H](N)C(=O)NCC(=O)NC1(c2ccc(Cl)cc2)CCCCC1. The fraction of sp³-hybridized carbons (Fsp3) is 0.579. The first-order valence-electron chi connectivity index (χ1n) is 8.94. The fourth-order valence-electron chi connectivity index (χ4n) is 3.31. The summed E-state index contributed by atoms with van der Waals surface area (Å²) in [4.78, 5) is 24.4. The van der Waals surface area contributed by atoms with Gasteiger partial charge in [-0.05, 0) is 36.5 Å². The highest BCUT2D eigenvalue weighted by Crippen LogP contribution is 2.37. The molecule has 138 valence electrons. The van der Waals surface area contributed by atoms with Crippen molar-refractivity contribution in [3.05, 3.63) is 34.9 Å². The van der Waals surface area contributed by atoms with Crippen molar-refractivity contribution in [2.75, 3.05) is 6.54 Å². The van der Waals surface area contributed by atoms with Crippen LogP contribution in [0.4, 0.5) is 0 Å². The van der Waals surface area contributed by atoms with Gasteiger partial charge in [-0.3, -0.25) is 9.59 Å². The Bertz CT molecular complexity index is 595. The number of hydrogen-bond acceptors (Lipinski definition) is 3. The van der Waals surface area contributed by atoms with Crippen LogP contribution in [0.25, 0.3) is 0 Å². The Hall–Kier alpha value is -1.59. The quantitative estimate of drug-likeness (QED) is 0.724. The standard InChI is InChI=1S/C19H28ClN3O2/c1-13(2)17(21)18(25)22-12-16(24)23-19(10-4-3-5-11-19)14-6-8-15(20)9-7-14/h6-9,13,17H,3-5,10-12,21H2,1-2H3,(H,22,25)(H,23,24)/t17-/m0/s1. The summed E-state index contributed by atoms with van der Waals surface area (Å²) in [6.07, 6.45) is 5.08. The van der Waals surface area contributed by atoms with E-state index in [2.05, 4.69) is 10.6 Å². The summed E-state index contributed by atoms with van der Waals surface area (Å²) in [5, 5.41) is 6.46. The van der Waals surface area contributed by atoms with E-state index in [1.165, 1.54) is 6.42 Å². The first-order chi connectivity index (χ1) is 11.8. The Kier molecular flexibility index (Phi) is 6.85. The van der Waals surface area contributed by atoms with Gasteiger partial charge in [-0.15, -0.1) is 0 Å². The van der Waals surface area contributed by atoms with E-state index in [-0.39, 0.29) is 29.8 Å². The average molecular weight is 366 g/mol. The van der Waals surface area contributed by atoms with E-state index in [4.69, 9.17) is 17.3 Å². The van der Waals surface area contributed by atoms with Crippen molar-refractivity contribution in [1.82, 2.24) is 10.6 Å². The van der Waals surface area contributed by atoms with E-state index < -0.39 is 6.04 Å². The predicted molar refractivity (Wildman–Crippen MR) is 100 cm³/mol. The van der Waals surface area contributed by atoms with E-state index in [1.807, 2.05) is 38.1 Å². The van der Waals surface area contributed by atoms with Crippen LogP contribution in [0.3, 0.4) is 0 Å². The van der Waals surface area contributed by atoms with Gasteiger partial charge >= 0.3 is 0 Å². The molecule has 1 aromatic carbocycles. The Morgan fingerprint density at radius 3 is 2.32 bits per heavy atom. The normalized spacial score (nSPS) is 17.8. The highest BCUT2D eigenvalue weighted by molar-refractivity contribution is 6.30. The first kappa shape index (κ1) is 19.7. The topological polar surface area (TPSA) is 84.2 Å². The molecule has 5 nitrogen and oxygen atoms in total. The molecule has 4 N–H and O–H groups in total. The smallest absolute Gasteiger partial charge is 0.240 e. The van der Waals surface area contributed by atoms with Gasteiger partial charge in [0, 0.05) is 5.02 Å². The maximum absolute atomic E-state index is 12.5. The molecule has 0 aromatic heterocycles. The number of carbonyl (C=O) groups excluding carboxylic acids is 2. The average Bonchev–Trinajstić information content (AvgIpc) is 2.60. The lowest BCUT2D eigenvalue weighted by molar-refractivity contribution is -0.128.